The predicted molar refractivity (Wildman–Crippen MR) is 78.3 cm³/mol. The van der Waals surface area contributed by atoms with Gasteiger partial charge in [0.15, 0.2) is 0 Å². The summed E-state index contributed by atoms with van der Waals surface area (Å²) in [6.45, 7) is 1.78. The molecule has 1 heterocycles. The predicted octanol–water partition coefficient (Wildman–Crippen LogP) is -1.93. The maximum atomic E-state index is 11.9. The van der Waals surface area contributed by atoms with Gasteiger partial charge in [-0.2, -0.15) is 5.10 Å². The van der Waals surface area contributed by atoms with Crippen molar-refractivity contribution in [2.24, 2.45) is 19.2 Å². The number of aromatic nitrogens is 2. The van der Waals surface area contributed by atoms with Crippen LogP contribution in [-0.2, 0) is 28.4 Å². The fourth-order valence-electron chi connectivity index (χ4n) is 1.56. The standard InChI is InChI=1S/C12H17N5O5/c1-4-22-9(19)5-8(18)15-14-6-7-10(13)16(2)12(21)17(3)11(7)20/h6H,4-5,13H2,1-3H3,(H,15,18). The third-order valence-electron chi connectivity index (χ3n) is 2.74. The van der Waals surface area contributed by atoms with E-state index in [0.29, 0.717) is 0 Å². The molecule has 1 amide bonds. The third kappa shape index (κ3) is 3.81. The van der Waals surface area contributed by atoms with E-state index < -0.39 is 29.5 Å². The number of carbonyl (C=O) groups is 2. The van der Waals surface area contributed by atoms with Crippen molar-refractivity contribution in [2.45, 2.75) is 13.3 Å². The summed E-state index contributed by atoms with van der Waals surface area (Å²) in [4.78, 5) is 46.0. The van der Waals surface area contributed by atoms with E-state index in [4.69, 9.17) is 5.73 Å². The number of carbonyl (C=O) groups excluding carboxylic acids is 2. The number of esters is 1. The minimum Gasteiger partial charge on any atom is -0.466 e. The zero-order valence-electron chi connectivity index (χ0n) is 12.5. The first-order chi connectivity index (χ1) is 10.3. The monoisotopic (exact) mass is 311 g/mol. The molecule has 0 saturated carbocycles. The van der Waals surface area contributed by atoms with E-state index >= 15 is 0 Å². The van der Waals surface area contributed by atoms with E-state index in [1.54, 1.807) is 6.92 Å². The first-order valence-electron chi connectivity index (χ1n) is 6.32. The highest BCUT2D eigenvalue weighted by Gasteiger charge is 2.12. The van der Waals surface area contributed by atoms with Crippen molar-refractivity contribution in [3.63, 3.8) is 0 Å². The lowest BCUT2D eigenvalue weighted by Crippen LogP contribution is -2.40. The van der Waals surface area contributed by atoms with E-state index in [9.17, 15) is 19.2 Å². The average molecular weight is 311 g/mol. The summed E-state index contributed by atoms with van der Waals surface area (Å²) in [7, 11) is 2.69. The van der Waals surface area contributed by atoms with Gasteiger partial charge in [-0.3, -0.25) is 23.5 Å². The van der Waals surface area contributed by atoms with Gasteiger partial charge in [0.05, 0.1) is 12.8 Å². The van der Waals surface area contributed by atoms with Gasteiger partial charge in [0.2, 0.25) is 0 Å². The maximum Gasteiger partial charge on any atom is 0.332 e. The molecule has 1 aromatic rings. The van der Waals surface area contributed by atoms with Crippen LogP contribution in [0.1, 0.15) is 18.9 Å². The normalized spacial score (nSPS) is 10.7. The Labute approximate surface area is 125 Å². The largest absolute Gasteiger partial charge is 0.466 e. The van der Waals surface area contributed by atoms with Crippen molar-refractivity contribution in [1.82, 2.24) is 14.6 Å². The van der Waals surface area contributed by atoms with Gasteiger partial charge in [0.25, 0.3) is 11.5 Å². The number of ether oxygens (including phenoxy) is 1. The molecule has 0 saturated heterocycles. The topological polar surface area (TPSA) is 138 Å². The number of nitrogens with two attached hydrogens (primary N) is 1. The lowest BCUT2D eigenvalue weighted by Gasteiger charge is -2.08. The number of nitrogens with one attached hydrogen (secondary N) is 1. The molecule has 0 aliphatic rings. The van der Waals surface area contributed by atoms with E-state index in [0.717, 1.165) is 15.3 Å². The SMILES string of the molecule is CCOC(=O)CC(=O)NN=Cc1c(N)n(C)c(=O)n(C)c1=O. The Balaban J connectivity index is 2.89. The van der Waals surface area contributed by atoms with Gasteiger partial charge in [-0.25, -0.2) is 10.2 Å². The van der Waals surface area contributed by atoms with Crippen LogP contribution < -0.4 is 22.4 Å². The van der Waals surface area contributed by atoms with Crippen LogP contribution >= 0.6 is 0 Å². The molecule has 0 fully saturated rings. The molecule has 0 aromatic carbocycles. The second kappa shape index (κ2) is 7.20. The Morgan fingerprint density at radius 1 is 1.32 bits per heavy atom. The molecular weight excluding hydrogens is 294 g/mol. The molecule has 0 aliphatic heterocycles. The molecule has 0 unspecified atom stereocenters. The first-order valence-corrected chi connectivity index (χ1v) is 6.32. The van der Waals surface area contributed by atoms with Crippen LogP contribution in [0.2, 0.25) is 0 Å². The van der Waals surface area contributed by atoms with Gasteiger partial charge in [0, 0.05) is 14.1 Å². The van der Waals surface area contributed by atoms with E-state index in [1.807, 2.05) is 0 Å². The van der Waals surface area contributed by atoms with Crippen LogP contribution in [0.25, 0.3) is 0 Å². The highest BCUT2D eigenvalue weighted by molar-refractivity contribution is 5.95. The second-order valence-electron chi connectivity index (χ2n) is 4.28. The summed E-state index contributed by atoms with van der Waals surface area (Å²) in [6, 6.07) is 0. The zero-order valence-corrected chi connectivity index (χ0v) is 12.5. The number of hydrazone groups is 1. The Morgan fingerprint density at radius 2 is 1.95 bits per heavy atom. The lowest BCUT2D eigenvalue weighted by molar-refractivity contribution is -0.145. The maximum absolute atomic E-state index is 11.9. The number of hydrogen-bond acceptors (Lipinski definition) is 7. The Morgan fingerprint density at radius 3 is 2.55 bits per heavy atom. The summed E-state index contributed by atoms with van der Waals surface area (Å²) in [6.07, 6.45) is 0.520. The Kier molecular flexibility index (Phi) is 5.61. The van der Waals surface area contributed by atoms with Gasteiger partial charge in [-0.1, -0.05) is 0 Å². The van der Waals surface area contributed by atoms with Crippen molar-refractivity contribution in [3.8, 4) is 0 Å². The van der Waals surface area contributed by atoms with Crippen LogP contribution in [0.15, 0.2) is 14.7 Å². The lowest BCUT2D eigenvalue weighted by atomic mass is 10.3. The van der Waals surface area contributed by atoms with Crippen LogP contribution in [0.4, 0.5) is 5.82 Å². The van der Waals surface area contributed by atoms with Gasteiger partial charge in [-0.05, 0) is 6.92 Å². The highest BCUT2D eigenvalue weighted by Crippen LogP contribution is 1.98. The number of rotatable bonds is 5. The highest BCUT2D eigenvalue weighted by atomic mass is 16.5. The fraction of sp³-hybridized carbons (Fsp3) is 0.417. The van der Waals surface area contributed by atoms with Crippen molar-refractivity contribution in [2.75, 3.05) is 12.3 Å². The van der Waals surface area contributed by atoms with Crippen molar-refractivity contribution < 1.29 is 14.3 Å². The molecule has 0 bridgehead atoms. The molecule has 120 valence electrons. The summed E-state index contributed by atoms with van der Waals surface area (Å²) >= 11 is 0. The van der Waals surface area contributed by atoms with Crippen LogP contribution in [0.5, 0.6) is 0 Å². The molecule has 10 heteroatoms. The number of nitrogen functional groups attached to an aromatic ring is 1. The van der Waals surface area contributed by atoms with E-state index in [1.165, 1.54) is 14.1 Å². The van der Waals surface area contributed by atoms with Crippen LogP contribution in [0.3, 0.4) is 0 Å². The number of nitrogens with zero attached hydrogens (tertiary/aromatic N) is 3. The molecule has 3 N–H and O–H groups in total. The van der Waals surface area contributed by atoms with Gasteiger partial charge in [0.1, 0.15) is 17.8 Å². The van der Waals surface area contributed by atoms with Crippen molar-refractivity contribution in [3.05, 3.63) is 26.4 Å². The van der Waals surface area contributed by atoms with Gasteiger partial charge < -0.3 is 10.5 Å². The number of hydrogen-bond donors (Lipinski definition) is 2. The van der Waals surface area contributed by atoms with E-state index in [2.05, 4.69) is 15.3 Å². The Bertz CT molecular complexity index is 731. The Hall–Kier alpha value is -2.91. The second-order valence-corrected chi connectivity index (χ2v) is 4.28. The molecule has 10 nitrogen and oxygen atoms in total. The molecule has 1 rings (SSSR count). The third-order valence-corrected chi connectivity index (χ3v) is 2.74. The van der Waals surface area contributed by atoms with Crippen LogP contribution in [0, 0.1) is 0 Å². The summed E-state index contributed by atoms with van der Waals surface area (Å²) < 4.78 is 6.53. The summed E-state index contributed by atoms with van der Waals surface area (Å²) in [5, 5.41) is 3.55. The van der Waals surface area contributed by atoms with Crippen LogP contribution in [-0.4, -0.2) is 33.8 Å². The first kappa shape index (κ1) is 17.1. The minimum absolute atomic E-state index is 0.0546. The number of amides is 1. The minimum atomic E-state index is -0.699. The molecule has 22 heavy (non-hydrogen) atoms. The average Bonchev–Trinajstić information content (AvgIpc) is 2.47. The van der Waals surface area contributed by atoms with Crippen molar-refractivity contribution in [1.29, 1.82) is 0 Å². The number of anilines is 1. The van der Waals surface area contributed by atoms with Gasteiger partial charge in [-0.15, -0.1) is 0 Å². The van der Waals surface area contributed by atoms with Crippen molar-refractivity contribution >= 4 is 23.9 Å². The zero-order chi connectivity index (χ0) is 16.9. The molecule has 0 atom stereocenters. The molecule has 0 aliphatic carbocycles. The molecular formula is C12H17N5O5. The summed E-state index contributed by atoms with van der Waals surface area (Å²) in [5.41, 5.74) is 6.45. The van der Waals surface area contributed by atoms with Gasteiger partial charge >= 0.3 is 11.7 Å². The smallest absolute Gasteiger partial charge is 0.332 e. The fourth-order valence-corrected chi connectivity index (χ4v) is 1.56. The van der Waals surface area contributed by atoms with E-state index in [-0.39, 0.29) is 18.0 Å². The molecule has 0 spiro atoms. The summed E-state index contributed by atoms with van der Waals surface area (Å²) in [5.74, 6) is -1.47. The quantitative estimate of drug-likeness (QED) is 0.281. The molecule has 1 aromatic heterocycles. The molecule has 0 radical (unpaired) electrons.